The van der Waals surface area contributed by atoms with E-state index in [0.29, 0.717) is 0 Å². The van der Waals surface area contributed by atoms with Gasteiger partial charge in [-0.15, -0.1) is 0 Å². The molecule has 0 amide bonds. The number of rotatable bonds is 2. The minimum Gasteiger partial charge on any atom is -0.319 e. The largest absolute Gasteiger partial charge is 0.319 e. The molecule has 0 radical (unpaired) electrons. The van der Waals surface area contributed by atoms with Gasteiger partial charge in [-0.2, -0.15) is 5.10 Å². The fraction of sp³-hybridized carbons (Fsp3) is 0.143. The van der Waals surface area contributed by atoms with E-state index in [-0.39, 0.29) is 6.04 Å². The van der Waals surface area contributed by atoms with Crippen LogP contribution in [0, 0.1) is 0 Å². The predicted octanol–water partition coefficient (Wildman–Crippen LogP) is 2.02. The van der Waals surface area contributed by atoms with Crippen LogP contribution in [0.2, 0.25) is 0 Å². The molecule has 4 nitrogen and oxygen atoms in total. The van der Waals surface area contributed by atoms with Crippen molar-refractivity contribution in [3.63, 3.8) is 0 Å². The van der Waals surface area contributed by atoms with Crippen LogP contribution in [0.4, 0.5) is 0 Å². The molecule has 0 aliphatic carbocycles. The summed E-state index contributed by atoms with van der Waals surface area (Å²) < 4.78 is 1.76. The van der Waals surface area contributed by atoms with Gasteiger partial charge >= 0.3 is 0 Å². The number of nitrogens with zero attached hydrogens (tertiary/aromatic N) is 3. The number of aromatic nitrogens is 3. The molecule has 3 aromatic rings. The third-order valence-corrected chi connectivity index (χ3v) is 3.04. The van der Waals surface area contributed by atoms with Crippen LogP contribution in [-0.4, -0.2) is 14.8 Å². The third-order valence-electron chi connectivity index (χ3n) is 3.04. The van der Waals surface area contributed by atoms with Crippen LogP contribution in [0.25, 0.3) is 10.9 Å². The van der Waals surface area contributed by atoms with Gasteiger partial charge in [0.2, 0.25) is 0 Å². The molecule has 0 aliphatic heterocycles. The van der Waals surface area contributed by atoms with E-state index in [2.05, 4.69) is 16.1 Å². The molecule has 3 rings (SSSR count). The second kappa shape index (κ2) is 4.23. The highest BCUT2D eigenvalue weighted by molar-refractivity contribution is 5.79. The lowest BCUT2D eigenvalue weighted by Gasteiger charge is -2.10. The maximum atomic E-state index is 6.22. The average molecular weight is 238 g/mol. The Hall–Kier alpha value is -2.20. The molecule has 0 bridgehead atoms. The van der Waals surface area contributed by atoms with Crippen molar-refractivity contribution in [2.45, 2.75) is 6.04 Å². The Balaban J connectivity index is 2.03. The molecule has 0 saturated heterocycles. The lowest BCUT2D eigenvalue weighted by Crippen LogP contribution is -2.12. The van der Waals surface area contributed by atoms with Gasteiger partial charge in [0.05, 0.1) is 17.3 Å². The number of hydrogen-bond acceptors (Lipinski definition) is 3. The summed E-state index contributed by atoms with van der Waals surface area (Å²) >= 11 is 0. The molecule has 0 fully saturated rings. The summed E-state index contributed by atoms with van der Waals surface area (Å²) in [5.74, 6) is 0. The van der Waals surface area contributed by atoms with E-state index in [1.54, 1.807) is 10.9 Å². The summed E-state index contributed by atoms with van der Waals surface area (Å²) in [4.78, 5) is 4.30. The van der Waals surface area contributed by atoms with Crippen molar-refractivity contribution in [2.75, 3.05) is 0 Å². The fourth-order valence-corrected chi connectivity index (χ4v) is 2.06. The van der Waals surface area contributed by atoms with Gasteiger partial charge in [-0.05, 0) is 29.8 Å². The van der Waals surface area contributed by atoms with Crippen molar-refractivity contribution in [2.24, 2.45) is 12.8 Å². The molecule has 4 heteroatoms. The van der Waals surface area contributed by atoms with Crippen LogP contribution in [0.5, 0.6) is 0 Å². The summed E-state index contributed by atoms with van der Waals surface area (Å²) in [5, 5.41) is 5.44. The Morgan fingerprint density at radius 3 is 2.89 bits per heavy atom. The quantitative estimate of drug-likeness (QED) is 0.743. The minimum atomic E-state index is -0.198. The number of fused-ring (bicyclic) bond motifs is 1. The van der Waals surface area contributed by atoms with Crippen LogP contribution in [0.3, 0.4) is 0 Å². The first-order valence-corrected chi connectivity index (χ1v) is 5.84. The van der Waals surface area contributed by atoms with Gasteiger partial charge in [0.25, 0.3) is 0 Å². The molecule has 90 valence electrons. The predicted molar refractivity (Wildman–Crippen MR) is 71.0 cm³/mol. The highest BCUT2D eigenvalue weighted by Crippen LogP contribution is 2.21. The van der Waals surface area contributed by atoms with Gasteiger partial charge in [-0.1, -0.05) is 12.1 Å². The first kappa shape index (κ1) is 10.9. The van der Waals surface area contributed by atoms with Gasteiger partial charge in [0, 0.05) is 24.8 Å². The van der Waals surface area contributed by atoms with E-state index in [9.17, 15) is 0 Å². The number of benzene rings is 1. The van der Waals surface area contributed by atoms with E-state index >= 15 is 0 Å². The summed E-state index contributed by atoms with van der Waals surface area (Å²) in [6, 6.07) is 11.8. The molecule has 2 aromatic heterocycles. The maximum Gasteiger partial charge on any atom is 0.0837 e. The van der Waals surface area contributed by atoms with Crippen LogP contribution >= 0.6 is 0 Å². The van der Waals surface area contributed by atoms with Gasteiger partial charge in [-0.3, -0.25) is 9.67 Å². The molecule has 0 aliphatic rings. The molecule has 18 heavy (non-hydrogen) atoms. The Labute approximate surface area is 105 Å². The molecule has 2 heterocycles. The summed E-state index contributed by atoms with van der Waals surface area (Å²) in [5.41, 5.74) is 9.13. The molecule has 2 N–H and O–H groups in total. The van der Waals surface area contributed by atoms with Crippen molar-refractivity contribution in [3.8, 4) is 0 Å². The molecular formula is C14H14N4. The zero-order valence-corrected chi connectivity index (χ0v) is 10.1. The zero-order chi connectivity index (χ0) is 12.5. The first-order chi connectivity index (χ1) is 8.74. The Morgan fingerprint density at radius 1 is 1.22 bits per heavy atom. The van der Waals surface area contributed by atoms with Crippen molar-refractivity contribution < 1.29 is 0 Å². The molecule has 0 saturated carbocycles. The van der Waals surface area contributed by atoms with Crippen LogP contribution in [-0.2, 0) is 7.05 Å². The third kappa shape index (κ3) is 1.87. The molecule has 1 atom stereocenters. The Morgan fingerprint density at radius 2 is 2.11 bits per heavy atom. The van der Waals surface area contributed by atoms with Crippen LogP contribution in [0.15, 0.2) is 48.8 Å². The van der Waals surface area contributed by atoms with E-state index in [4.69, 9.17) is 5.73 Å². The molecule has 1 unspecified atom stereocenters. The highest BCUT2D eigenvalue weighted by Gasteiger charge is 2.11. The summed E-state index contributed by atoms with van der Waals surface area (Å²) in [6.07, 6.45) is 3.69. The second-order valence-electron chi connectivity index (χ2n) is 4.35. The molecule has 0 spiro atoms. The summed E-state index contributed by atoms with van der Waals surface area (Å²) in [7, 11) is 1.89. The lowest BCUT2D eigenvalue weighted by molar-refractivity contribution is 0.716. The van der Waals surface area contributed by atoms with E-state index in [1.165, 1.54) is 0 Å². The lowest BCUT2D eigenvalue weighted by atomic mass is 10.0. The normalized spacial score (nSPS) is 12.8. The van der Waals surface area contributed by atoms with E-state index < -0.39 is 0 Å². The fourth-order valence-electron chi connectivity index (χ4n) is 2.06. The van der Waals surface area contributed by atoms with Gasteiger partial charge in [0.1, 0.15) is 0 Å². The Bertz CT molecular complexity index is 687. The molecule has 1 aromatic carbocycles. The number of nitrogens with two attached hydrogens (primary N) is 1. The van der Waals surface area contributed by atoms with Crippen molar-refractivity contribution in [3.05, 3.63) is 60.0 Å². The Kier molecular flexibility index (Phi) is 2.57. The zero-order valence-electron chi connectivity index (χ0n) is 10.1. The minimum absolute atomic E-state index is 0.198. The maximum absolute atomic E-state index is 6.22. The SMILES string of the molecule is Cn1ccc(C(N)c2ccc3ncccc3c2)n1. The number of hydrogen-bond donors (Lipinski definition) is 1. The number of pyridine rings is 1. The van der Waals surface area contributed by atoms with E-state index in [1.807, 2.05) is 43.6 Å². The second-order valence-corrected chi connectivity index (χ2v) is 4.35. The average Bonchev–Trinajstić information content (AvgIpc) is 2.84. The van der Waals surface area contributed by atoms with Crippen LogP contribution < -0.4 is 5.73 Å². The van der Waals surface area contributed by atoms with Gasteiger partial charge < -0.3 is 5.73 Å². The van der Waals surface area contributed by atoms with E-state index in [0.717, 1.165) is 22.2 Å². The monoisotopic (exact) mass is 238 g/mol. The highest BCUT2D eigenvalue weighted by atomic mass is 15.3. The van der Waals surface area contributed by atoms with Crippen LogP contribution in [0.1, 0.15) is 17.3 Å². The molecular weight excluding hydrogens is 224 g/mol. The van der Waals surface area contributed by atoms with Crippen molar-refractivity contribution >= 4 is 10.9 Å². The standard InChI is InChI=1S/C14H14N4/c1-18-8-6-13(17-18)14(15)11-4-5-12-10(9-11)3-2-7-16-12/h2-9,14H,15H2,1H3. The summed E-state index contributed by atoms with van der Waals surface area (Å²) in [6.45, 7) is 0. The van der Waals surface area contributed by atoms with Crippen molar-refractivity contribution in [1.29, 1.82) is 0 Å². The first-order valence-electron chi connectivity index (χ1n) is 5.84. The number of aryl methyl sites for hydroxylation is 1. The van der Waals surface area contributed by atoms with Gasteiger partial charge in [0.15, 0.2) is 0 Å². The topological polar surface area (TPSA) is 56.7 Å². The van der Waals surface area contributed by atoms with Gasteiger partial charge in [-0.25, -0.2) is 0 Å². The smallest absolute Gasteiger partial charge is 0.0837 e. The van der Waals surface area contributed by atoms with Crippen molar-refractivity contribution in [1.82, 2.24) is 14.8 Å².